The van der Waals surface area contributed by atoms with Crippen molar-refractivity contribution in [3.63, 3.8) is 0 Å². The van der Waals surface area contributed by atoms with Gasteiger partial charge in [0.05, 0.1) is 12.1 Å². The van der Waals surface area contributed by atoms with Gasteiger partial charge in [-0.05, 0) is 19.1 Å². The second-order valence-electron chi connectivity index (χ2n) is 7.00. The number of amides is 1. The Morgan fingerprint density at radius 1 is 1.36 bits per heavy atom. The van der Waals surface area contributed by atoms with E-state index >= 15 is 0 Å². The maximum Gasteiger partial charge on any atom is 0.255 e. The van der Waals surface area contributed by atoms with Gasteiger partial charge in [0, 0.05) is 43.7 Å². The molecule has 0 aromatic carbocycles. The number of pyridine rings is 2. The topological polar surface area (TPSA) is 91.5 Å². The third-order valence-corrected chi connectivity index (χ3v) is 4.71. The van der Waals surface area contributed by atoms with Crippen LogP contribution in [0.2, 0.25) is 0 Å². The summed E-state index contributed by atoms with van der Waals surface area (Å²) in [5.41, 5.74) is 1.33. The molecule has 0 atom stereocenters. The van der Waals surface area contributed by atoms with Crippen molar-refractivity contribution in [1.82, 2.24) is 14.5 Å². The standard InChI is InChI=1S/C20H25N5O3/c1-5-23(4)20(27)14-10-16-18(22-12-14)24(8-9-28-16)15-6-7-25(17(21)11-15)19(26)13(2)3/h6-7,10-13,21H,5,8-9H2,1-4H3. The summed E-state index contributed by atoms with van der Waals surface area (Å²) in [7, 11) is 1.74. The molecule has 1 N–H and O–H groups in total. The second kappa shape index (κ2) is 7.84. The normalized spacial score (nSPS) is 13.1. The first-order valence-corrected chi connectivity index (χ1v) is 9.30. The Hall–Kier alpha value is -3.16. The fourth-order valence-corrected chi connectivity index (χ4v) is 2.96. The number of hydrogen-bond donors (Lipinski definition) is 1. The van der Waals surface area contributed by atoms with Gasteiger partial charge >= 0.3 is 0 Å². The fourth-order valence-electron chi connectivity index (χ4n) is 2.96. The number of nitrogens with zero attached hydrogens (tertiary/aromatic N) is 4. The summed E-state index contributed by atoms with van der Waals surface area (Å²) in [6, 6.07) is 5.13. The molecule has 0 fully saturated rings. The van der Waals surface area contributed by atoms with Crippen LogP contribution in [0.3, 0.4) is 0 Å². The molecule has 0 radical (unpaired) electrons. The number of carbonyl (C=O) groups excluding carboxylic acids is 2. The Labute approximate surface area is 163 Å². The molecule has 148 valence electrons. The molecule has 0 spiro atoms. The minimum atomic E-state index is -0.192. The molecule has 1 amide bonds. The van der Waals surface area contributed by atoms with Gasteiger partial charge in [0.25, 0.3) is 5.91 Å². The van der Waals surface area contributed by atoms with E-state index < -0.39 is 0 Å². The van der Waals surface area contributed by atoms with Crippen LogP contribution in [0.5, 0.6) is 5.75 Å². The molecule has 2 aromatic heterocycles. The zero-order chi connectivity index (χ0) is 20.4. The van der Waals surface area contributed by atoms with E-state index in [-0.39, 0.29) is 23.2 Å². The minimum absolute atomic E-state index is 0.111. The first-order chi connectivity index (χ1) is 13.3. The van der Waals surface area contributed by atoms with Crippen LogP contribution in [0.25, 0.3) is 0 Å². The molecule has 8 heteroatoms. The van der Waals surface area contributed by atoms with Crippen LogP contribution in [0.4, 0.5) is 11.5 Å². The number of nitrogens with one attached hydrogen (secondary N) is 1. The van der Waals surface area contributed by atoms with Gasteiger partial charge in [0.15, 0.2) is 11.6 Å². The van der Waals surface area contributed by atoms with Crippen molar-refractivity contribution in [1.29, 1.82) is 5.41 Å². The van der Waals surface area contributed by atoms with Crippen LogP contribution in [0.1, 0.15) is 35.9 Å². The molecule has 28 heavy (non-hydrogen) atoms. The predicted octanol–water partition coefficient (Wildman–Crippen LogP) is 2.28. The van der Waals surface area contributed by atoms with Crippen molar-refractivity contribution in [2.75, 3.05) is 31.6 Å². The highest BCUT2D eigenvalue weighted by atomic mass is 16.5. The monoisotopic (exact) mass is 383 g/mol. The molecule has 8 nitrogen and oxygen atoms in total. The quantitative estimate of drug-likeness (QED) is 0.875. The van der Waals surface area contributed by atoms with Gasteiger partial charge in [-0.3, -0.25) is 19.6 Å². The third kappa shape index (κ3) is 3.62. The molecule has 1 aliphatic heterocycles. The average Bonchev–Trinajstić information content (AvgIpc) is 2.71. The lowest BCUT2D eigenvalue weighted by atomic mass is 10.2. The Kier molecular flexibility index (Phi) is 5.48. The number of rotatable bonds is 4. The van der Waals surface area contributed by atoms with Gasteiger partial charge in [-0.1, -0.05) is 13.8 Å². The maximum absolute atomic E-state index is 12.4. The van der Waals surface area contributed by atoms with Gasteiger partial charge in [0.2, 0.25) is 5.91 Å². The van der Waals surface area contributed by atoms with Crippen molar-refractivity contribution in [2.45, 2.75) is 20.8 Å². The fraction of sp³-hybridized carbons (Fsp3) is 0.400. The molecule has 2 aromatic rings. The highest BCUT2D eigenvalue weighted by Gasteiger charge is 2.24. The summed E-state index contributed by atoms with van der Waals surface area (Å²) >= 11 is 0. The van der Waals surface area contributed by atoms with Crippen LogP contribution in [0, 0.1) is 11.3 Å². The first kappa shape index (κ1) is 19.6. The first-order valence-electron chi connectivity index (χ1n) is 9.30. The maximum atomic E-state index is 12.4. The summed E-state index contributed by atoms with van der Waals surface area (Å²) in [6.45, 7) is 7.12. The van der Waals surface area contributed by atoms with Crippen molar-refractivity contribution in [2.24, 2.45) is 5.92 Å². The van der Waals surface area contributed by atoms with Gasteiger partial charge in [-0.25, -0.2) is 4.98 Å². The van der Waals surface area contributed by atoms with Gasteiger partial charge < -0.3 is 14.5 Å². The second-order valence-corrected chi connectivity index (χ2v) is 7.00. The Balaban J connectivity index is 1.94. The number of carbonyl (C=O) groups is 2. The van der Waals surface area contributed by atoms with Crippen molar-refractivity contribution < 1.29 is 14.3 Å². The molecular formula is C20H25N5O3. The van der Waals surface area contributed by atoms with Crippen LogP contribution >= 0.6 is 0 Å². The Morgan fingerprint density at radius 3 is 2.75 bits per heavy atom. The Bertz CT molecular complexity index is 967. The van der Waals surface area contributed by atoms with E-state index in [1.165, 1.54) is 4.57 Å². The van der Waals surface area contributed by atoms with Gasteiger partial charge in [0.1, 0.15) is 12.1 Å². The zero-order valence-electron chi connectivity index (χ0n) is 16.6. The third-order valence-electron chi connectivity index (χ3n) is 4.71. The van der Waals surface area contributed by atoms with Crippen LogP contribution in [0.15, 0.2) is 30.6 Å². The SMILES string of the molecule is CCN(C)C(=O)c1cnc2c(c1)OCCN2c1ccn(C(=O)C(C)C)c(=N)c1. The number of hydrogen-bond acceptors (Lipinski definition) is 6. The van der Waals surface area contributed by atoms with E-state index in [0.29, 0.717) is 36.8 Å². The van der Waals surface area contributed by atoms with Crippen LogP contribution in [-0.2, 0) is 0 Å². The van der Waals surface area contributed by atoms with E-state index in [9.17, 15) is 9.59 Å². The highest BCUT2D eigenvalue weighted by molar-refractivity contribution is 5.94. The van der Waals surface area contributed by atoms with Gasteiger partial charge in [-0.15, -0.1) is 0 Å². The lowest BCUT2D eigenvalue weighted by Crippen LogP contribution is -2.33. The van der Waals surface area contributed by atoms with E-state index in [2.05, 4.69) is 4.98 Å². The lowest BCUT2D eigenvalue weighted by molar-refractivity contribution is 0.0800. The van der Waals surface area contributed by atoms with Crippen LogP contribution in [-0.4, -0.2) is 53.0 Å². The largest absolute Gasteiger partial charge is 0.488 e. The Morgan fingerprint density at radius 2 is 2.11 bits per heavy atom. The van der Waals surface area contributed by atoms with Crippen molar-refractivity contribution >= 4 is 23.3 Å². The molecule has 0 saturated heterocycles. The summed E-state index contributed by atoms with van der Waals surface area (Å²) in [6.07, 6.45) is 3.16. The molecule has 0 aliphatic carbocycles. The minimum Gasteiger partial charge on any atom is -0.488 e. The van der Waals surface area contributed by atoms with Crippen LogP contribution < -0.4 is 15.1 Å². The number of fused-ring (bicyclic) bond motifs is 1. The lowest BCUT2D eigenvalue weighted by Gasteiger charge is -2.30. The summed E-state index contributed by atoms with van der Waals surface area (Å²) in [5, 5.41) is 8.21. The molecule has 0 saturated carbocycles. The molecule has 3 heterocycles. The summed E-state index contributed by atoms with van der Waals surface area (Å²) in [5.74, 6) is 0.695. The summed E-state index contributed by atoms with van der Waals surface area (Å²) < 4.78 is 7.06. The van der Waals surface area contributed by atoms with E-state index in [4.69, 9.17) is 10.1 Å². The average molecular weight is 383 g/mol. The molecular weight excluding hydrogens is 358 g/mol. The van der Waals surface area contributed by atoms with E-state index in [0.717, 1.165) is 5.69 Å². The number of anilines is 2. The van der Waals surface area contributed by atoms with Crippen molar-refractivity contribution in [3.05, 3.63) is 41.6 Å². The highest BCUT2D eigenvalue weighted by Crippen LogP contribution is 2.34. The molecule has 1 aliphatic rings. The molecule has 3 rings (SSSR count). The number of aromatic nitrogens is 2. The molecule has 0 bridgehead atoms. The molecule has 0 unspecified atom stereocenters. The number of ether oxygens (including phenoxy) is 1. The van der Waals surface area contributed by atoms with E-state index in [1.807, 2.05) is 11.8 Å². The van der Waals surface area contributed by atoms with Crippen molar-refractivity contribution in [3.8, 4) is 5.75 Å². The summed E-state index contributed by atoms with van der Waals surface area (Å²) in [4.78, 5) is 32.6. The smallest absolute Gasteiger partial charge is 0.255 e. The van der Waals surface area contributed by atoms with E-state index in [1.54, 1.807) is 56.4 Å². The predicted molar refractivity (Wildman–Crippen MR) is 105 cm³/mol. The van der Waals surface area contributed by atoms with Gasteiger partial charge in [-0.2, -0.15) is 0 Å². The zero-order valence-corrected chi connectivity index (χ0v) is 16.6.